The summed E-state index contributed by atoms with van der Waals surface area (Å²) in [5, 5.41) is 14.2. The van der Waals surface area contributed by atoms with Gasteiger partial charge in [0.1, 0.15) is 0 Å². The van der Waals surface area contributed by atoms with Crippen molar-refractivity contribution in [1.29, 1.82) is 0 Å². The van der Waals surface area contributed by atoms with Crippen molar-refractivity contribution in [3.8, 4) is 0 Å². The lowest BCUT2D eigenvalue weighted by Gasteiger charge is -2.22. The van der Waals surface area contributed by atoms with Gasteiger partial charge in [0, 0.05) is 26.4 Å². The van der Waals surface area contributed by atoms with E-state index in [-0.39, 0.29) is 18.4 Å². The van der Waals surface area contributed by atoms with Crippen LogP contribution in [0.3, 0.4) is 0 Å². The first-order valence-electron chi connectivity index (χ1n) is 15.0. The van der Waals surface area contributed by atoms with Crippen molar-refractivity contribution < 1.29 is 24.2 Å². The largest absolute Gasteiger partial charge is 0.481 e. The summed E-state index contributed by atoms with van der Waals surface area (Å²) in [5.74, 6) is -0.756. The van der Waals surface area contributed by atoms with E-state index in [0.717, 1.165) is 103 Å². The third kappa shape index (κ3) is 27.0. The van der Waals surface area contributed by atoms with E-state index >= 15 is 0 Å². The fourth-order valence-electron chi connectivity index (χ4n) is 4.35. The summed E-state index contributed by atoms with van der Waals surface area (Å²) in [6.07, 6.45) is 19.4. The molecule has 218 valence electrons. The van der Waals surface area contributed by atoms with E-state index < -0.39 is 5.97 Å². The number of aliphatic carboxylic acids is 1. The van der Waals surface area contributed by atoms with Crippen LogP contribution in [-0.2, 0) is 14.3 Å². The Labute approximate surface area is 226 Å². The summed E-state index contributed by atoms with van der Waals surface area (Å²) in [6.45, 7) is 6.52. The Bertz CT molecular complexity index is 560. The molecule has 0 fully saturated rings. The molecule has 0 atom stereocenters. The van der Waals surface area contributed by atoms with Gasteiger partial charge >= 0.3 is 18.0 Å². The normalized spacial score (nSPS) is 11.0. The van der Waals surface area contributed by atoms with Crippen molar-refractivity contribution in [2.45, 2.75) is 129 Å². The zero-order chi connectivity index (χ0) is 27.4. The average Bonchev–Trinajstić information content (AvgIpc) is 2.88. The molecule has 0 saturated carbocycles. The number of carboxylic acids is 1. The molecule has 0 bridgehead atoms. The molecule has 0 radical (unpaired) electrons. The Morgan fingerprint density at radius 1 is 0.676 bits per heavy atom. The lowest BCUT2D eigenvalue weighted by atomic mass is 10.1. The monoisotopic (exact) mass is 527 g/mol. The number of carbonyl (C=O) groups excluding carboxylic acids is 2. The van der Waals surface area contributed by atoms with Gasteiger partial charge in [0.15, 0.2) is 0 Å². The number of nitrogens with one attached hydrogen (secondary N) is 2. The maximum absolute atomic E-state index is 11.9. The zero-order valence-electron chi connectivity index (χ0n) is 24.0. The van der Waals surface area contributed by atoms with E-state index in [0.29, 0.717) is 19.6 Å². The van der Waals surface area contributed by atoms with Gasteiger partial charge in [-0.3, -0.25) is 9.59 Å². The molecule has 0 aromatic rings. The predicted molar refractivity (Wildman–Crippen MR) is 151 cm³/mol. The molecule has 0 heterocycles. The molecule has 0 aromatic heterocycles. The molecule has 0 saturated heterocycles. The van der Waals surface area contributed by atoms with E-state index in [1.807, 2.05) is 0 Å². The number of carbonyl (C=O) groups is 3. The Balaban J connectivity index is 3.89. The van der Waals surface area contributed by atoms with Crippen LogP contribution in [0.5, 0.6) is 0 Å². The number of amides is 2. The van der Waals surface area contributed by atoms with Gasteiger partial charge < -0.3 is 25.4 Å². The SMILES string of the molecule is CCCCCCCCOC(=O)CCCCCCCN(CCCCCCCC(=O)O)CCCNC(=O)NC. The highest BCUT2D eigenvalue weighted by Gasteiger charge is 2.07. The van der Waals surface area contributed by atoms with Crippen LogP contribution in [0.2, 0.25) is 0 Å². The highest BCUT2D eigenvalue weighted by atomic mass is 16.5. The number of carboxylic acid groups (broad SMARTS) is 1. The lowest BCUT2D eigenvalue weighted by molar-refractivity contribution is -0.144. The molecule has 37 heavy (non-hydrogen) atoms. The summed E-state index contributed by atoms with van der Waals surface area (Å²) in [5.41, 5.74) is 0. The average molecular weight is 528 g/mol. The summed E-state index contributed by atoms with van der Waals surface area (Å²) in [7, 11) is 1.62. The third-order valence-electron chi connectivity index (χ3n) is 6.64. The van der Waals surface area contributed by atoms with E-state index in [1.54, 1.807) is 7.05 Å². The van der Waals surface area contributed by atoms with E-state index in [2.05, 4.69) is 22.5 Å². The topological polar surface area (TPSA) is 108 Å². The molecule has 0 unspecified atom stereocenters. The van der Waals surface area contributed by atoms with Crippen molar-refractivity contribution in [1.82, 2.24) is 15.5 Å². The minimum Gasteiger partial charge on any atom is -0.481 e. The maximum Gasteiger partial charge on any atom is 0.314 e. The lowest BCUT2D eigenvalue weighted by Crippen LogP contribution is -2.35. The van der Waals surface area contributed by atoms with Gasteiger partial charge in [-0.15, -0.1) is 0 Å². The van der Waals surface area contributed by atoms with E-state index in [9.17, 15) is 14.4 Å². The van der Waals surface area contributed by atoms with Gasteiger partial charge in [0.25, 0.3) is 0 Å². The van der Waals surface area contributed by atoms with Gasteiger partial charge in [-0.2, -0.15) is 0 Å². The van der Waals surface area contributed by atoms with Crippen LogP contribution >= 0.6 is 0 Å². The van der Waals surface area contributed by atoms with Crippen LogP contribution < -0.4 is 10.6 Å². The fourth-order valence-corrected chi connectivity index (χ4v) is 4.35. The number of unbranched alkanes of at least 4 members (excludes halogenated alkanes) is 13. The Kier molecular flexibility index (Phi) is 25.9. The second-order valence-electron chi connectivity index (χ2n) is 10.1. The Morgan fingerprint density at radius 3 is 1.78 bits per heavy atom. The van der Waals surface area contributed by atoms with Crippen LogP contribution in [-0.4, -0.2) is 67.8 Å². The summed E-state index contributed by atoms with van der Waals surface area (Å²) < 4.78 is 5.35. The minimum atomic E-state index is -0.708. The minimum absolute atomic E-state index is 0.0481. The molecule has 0 rings (SSSR count). The highest BCUT2D eigenvalue weighted by Crippen LogP contribution is 2.11. The van der Waals surface area contributed by atoms with Crippen molar-refractivity contribution >= 4 is 18.0 Å². The molecule has 8 nitrogen and oxygen atoms in total. The van der Waals surface area contributed by atoms with Gasteiger partial charge in [-0.1, -0.05) is 77.6 Å². The van der Waals surface area contributed by atoms with E-state index in [4.69, 9.17) is 9.84 Å². The van der Waals surface area contributed by atoms with E-state index in [1.165, 1.54) is 25.7 Å². The fraction of sp³-hybridized carbons (Fsp3) is 0.897. The number of urea groups is 1. The standard InChI is InChI=1S/C29H57N3O5/c1-3-4-5-6-13-18-26-37-28(35)21-15-10-8-12-17-24-32(25-19-22-31-29(36)30-2)23-16-11-7-9-14-20-27(33)34/h3-26H2,1-2H3,(H,33,34)(H2,30,31,36). The molecular formula is C29H57N3O5. The van der Waals surface area contributed by atoms with Crippen LogP contribution in [0.25, 0.3) is 0 Å². The second kappa shape index (κ2) is 27.2. The quantitative estimate of drug-likeness (QED) is 0.0857. The Hall–Kier alpha value is -1.83. The first kappa shape index (κ1) is 35.2. The van der Waals surface area contributed by atoms with Crippen LogP contribution in [0.4, 0.5) is 4.79 Å². The third-order valence-corrected chi connectivity index (χ3v) is 6.64. The number of nitrogens with zero attached hydrogens (tertiary/aromatic N) is 1. The molecule has 2 amide bonds. The number of esters is 1. The Morgan fingerprint density at radius 2 is 1.19 bits per heavy atom. The molecule has 0 aromatic carbocycles. The molecule has 0 spiro atoms. The first-order chi connectivity index (χ1) is 18.0. The summed E-state index contributed by atoms with van der Waals surface area (Å²) in [6, 6.07) is -0.140. The zero-order valence-corrected chi connectivity index (χ0v) is 24.0. The van der Waals surface area contributed by atoms with Gasteiger partial charge in [0.05, 0.1) is 6.61 Å². The molecule has 0 aliphatic rings. The molecule has 8 heteroatoms. The molecular weight excluding hydrogens is 470 g/mol. The van der Waals surface area contributed by atoms with Crippen molar-refractivity contribution in [2.75, 3.05) is 39.8 Å². The van der Waals surface area contributed by atoms with Crippen molar-refractivity contribution in [2.24, 2.45) is 0 Å². The number of rotatable bonds is 27. The number of hydrogen-bond donors (Lipinski definition) is 3. The van der Waals surface area contributed by atoms with Crippen LogP contribution in [0.1, 0.15) is 129 Å². The summed E-state index contributed by atoms with van der Waals surface area (Å²) in [4.78, 5) is 36.3. The van der Waals surface area contributed by atoms with Gasteiger partial charge in [0.2, 0.25) is 0 Å². The first-order valence-corrected chi connectivity index (χ1v) is 15.0. The van der Waals surface area contributed by atoms with Crippen LogP contribution in [0.15, 0.2) is 0 Å². The summed E-state index contributed by atoms with van der Waals surface area (Å²) >= 11 is 0. The molecule has 0 aliphatic carbocycles. The highest BCUT2D eigenvalue weighted by molar-refractivity contribution is 5.73. The van der Waals surface area contributed by atoms with Gasteiger partial charge in [-0.25, -0.2) is 4.79 Å². The van der Waals surface area contributed by atoms with Gasteiger partial charge in [-0.05, 0) is 58.2 Å². The second-order valence-corrected chi connectivity index (χ2v) is 10.1. The molecule has 3 N–H and O–H groups in total. The smallest absolute Gasteiger partial charge is 0.314 e. The van der Waals surface area contributed by atoms with Crippen LogP contribution in [0, 0.1) is 0 Å². The van der Waals surface area contributed by atoms with Crippen molar-refractivity contribution in [3.05, 3.63) is 0 Å². The van der Waals surface area contributed by atoms with Crippen molar-refractivity contribution in [3.63, 3.8) is 0 Å². The number of ether oxygens (including phenoxy) is 1. The predicted octanol–water partition coefficient (Wildman–Crippen LogP) is 6.28. The number of hydrogen-bond acceptors (Lipinski definition) is 5. The maximum atomic E-state index is 11.9. The molecule has 0 aliphatic heterocycles.